The molecular formula is C32H39N5O2. The third-order valence-electron chi connectivity index (χ3n) is 7.22. The Morgan fingerprint density at radius 3 is 2.74 bits per heavy atom. The third-order valence-corrected chi connectivity index (χ3v) is 7.22. The number of hydrogen-bond donors (Lipinski definition) is 3. The van der Waals surface area contributed by atoms with E-state index in [2.05, 4.69) is 59.0 Å². The fourth-order valence-electron chi connectivity index (χ4n) is 5.13. The number of carbonyl (C=O) groups is 1. The molecule has 39 heavy (non-hydrogen) atoms. The zero-order valence-electron chi connectivity index (χ0n) is 23.0. The number of hydrogen-bond acceptors (Lipinski definition) is 7. The van der Waals surface area contributed by atoms with E-state index in [9.17, 15) is 4.79 Å². The van der Waals surface area contributed by atoms with Crippen molar-refractivity contribution in [3.63, 3.8) is 0 Å². The van der Waals surface area contributed by atoms with E-state index in [0.29, 0.717) is 24.2 Å². The van der Waals surface area contributed by atoms with E-state index in [0.717, 1.165) is 47.5 Å². The first kappa shape index (κ1) is 26.8. The predicted octanol–water partition coefficient (Wildman–Crippen LogP) is 6.79. The molecule has 2 aromatic carbocycles. The van der Waals surface area contributed by atoms with Gasteiger partial charge in [-0.3, -0.25) is 4.90 Å². The standard InChI is InChI=1S/C32H39N5O2/c1-23(2)14-18-39-29-12-5-4-11-27(29)35-32-31-25(13-15-33-28(31)22-38)20-30(36-32)34-26-10-8-9-24(19-26)21-37-16-6-3-7-17-37/h4-5,8-13,15,19-20,22-23,28,33H,3,6-7,14,16-18,21H2,1-2H3,(H2,34,35,36). The summed E-state index contributed by atoms with van der Waals surface area (Å²) < 4.78 is 6.11. The Balaban J connectivity index is 1.42. The average Bonchev–Trinajstić information content (AvgIpc) is 2.94. The number of fused-ring (bicyclic) bond motifs is 1. The molecule has 0 bridgehead atoms. The number of piperidine rings is 1. The summed E-state index contributed by atoms with van der Waals surface area (Å²) in [5.74, 6) is 2.65. The van der Waals surface area contributed by atoms with E-state index in [1.807, 2.05) is 42.6 Å². The van der Waals surface area contributed by atoms with E-state index in [1.54, 1.807) is 0 Å². The van der Waals surface area contributed by atoms with Crippen LogP contribution in [0.4, 0.5) is 23.0 Å². The summed E-state index contributed by atoms with van der Waals surface area (Å²) >= 11 is 0. The van der Waals surface area contributed by atoms with Crippen LogP contribution < -0.4 is 20.7 Å². The second-order valence-corrected chi connectivity index (χ2v) is 10.8. The molecule has 3 N–H and O–H groups in total. The monoisotopic (exact) mass is 525 g/mol. The van der Waals surface area contributed by atoms with E-state index in [-0.39, 0.29) is 0 Å². The number of rotatable bonds is 11. The number of carbonyl (C=O) groups excluding carboxylic acids is 1. The molecule has 3 heterocycles. The van der Waals surface area contributed by atoms with Crippen LogP contribution in [-0.4, -0.2) is 35.9 Å². The summed E-state index contributed by atoms with van der Waals surface area (Å²) in [5.41, 5.74) is 4.85. The summed E-state index contributed by atoms with van der Waals surface area (Å²) in [6, 6.07) is 17.9. The minimum Gasteiger partial charge on any atom is -0.491 e. The molecule has 0 radical (unpaired) electrons. The van der Waals surface area contributed by atoms with Crippen molar-refractivity contribution in [3.05, 3.63) is 77.5 Å². The molecule has 1 atom stereocenters. The van der Waals surface area contributed by atoms with Crippen molar-refractivity contribution in [1.29, 1.82) is 0 Å². The number of nitrogens with zero attached hydrogens (tertiary/aromatic N) is 2. The summed E-state index contributed by atoms with van der Waals surface area (Å²) in [4.78, 5) is 19.5. The predicted molar refractivity (Wildman–Crippen MR) is 159 cm³/mol. The lowest BCUT2D eigenvalue weighted by atomic mass is 9.99. The minimum atomic E-state index is -0.490. The molecule has 2 aliphatic rings. The van der Waals surface area contributed by atoms with Gasteiger partial charge < -0.3 is 25.5 Å². The lowest BCUT2D eigenvalue weighted by Crippen LogP contribution is -2.29. The molecule has 2 aliphatic heterocycles. The Kier molecular flexibility index (Phi) is 8.78. The van der Waals surface area contributed by atoms with Gasteiger partial charge in [0.25, 0.3) is 0 Å². The maximum Gasteiger partial charge on any atom is 0.146 e. The largest absolute Gasteiger partial charge is 0.491 e. The van der Waals surface area contributed by atoms with Crippen molar-refractivity contribution in [2.45, 2.75) is 52.1 Å². The molecule has 7 nitrogen and oxygen atoms in total. The number of nitrogens with one attached hydrogen (secondary N) is 3. The first-order chi connectivity index (χ1) is 19.1. The van der Waals surface area contributed by atoms with Crippen molar-refractivity contribution >= 4 is 35.4 Å². The average molecular weight is 526 g/mol. The van der Waals surface area contributed by atoms with Gasteiger partial charge in [-0.05, 0) is 92.0 Å². The van der Waals surface area contributed by atoms with Crippen LogP contribution in [-0.2, 0) is 11.3 Å². The SMILES string of the molecule is CC(C)CCOc1ccccc1Nc1nc(Nc2cccc(CN3CCCCC3)c2)cc2c1C(C=O)NC=C2. The summed E-state index contributed by atoms with van der Waals surface area (Å²) in [7, 11) is 0. The van der Waals surface area contributed by atoms with Crippen molar-refractivity contribution < 1.29 is 9.53 Å². The van der Waals surface area contributed by atoms with Gasteiger partial charge in [-0.1, -0.05) is 44.5 Å². The number of aldehydes is 1. The van der Waals surface area contributed by atoms with Crippen molar-refractivity contribution in [2.24, 2.45) is 5.92 Å². The van der Waals surface area contributed by atoms with Gasteiger partial charge in [-0.15, -0.1) is 0 Å². The Bertz CT molecular complexity index is 1300. The molecule has 0 aliphatic carbocycles. The first-order valence-electron chi connectivity index (χ1n) is 14.1. The fourth-order valence-corrected chi connectivity index (χ4v) is 5.13. The van der Waals surface area contributed by atoms with E-state index < -0.39 is 6.04 Å². The molecule has 7 heteroatoms. The summed E-state index contributed by atoms with van der Waals surface area (Å²) in [6.45, 7) is 8.30. The van der Waals surface area contributed by atoms with Crippen LogP contribution >= 0.6 is 0 Å². The Morgan fingerprint density at radius 1 is 1.08 bits per heavy atom. The minimum absolute atomic E-state index is 0.490. The van der Waals surface area contributed by atoms with Gasteiger partial charge in [0.2, 0.25) is 0 Å². The van der Waals surface area contributed by atoms with Crippen LogP contribution in [0.1, 0.15) is 62.3 Å². The number of aromatic nitrogens is 1. The number of anilines is 4. The number of likely N-dealkylation sites (tertiary alicyclic amines) is 1. The molecule has 5 rings (SSSR count). The quantitative estimate of drug-likeness (QED) is 0.238. The van der Waals surface area contributed by atoms with Crippen LogP contribution in [0.3, 0.4) is 0 Å². The topological polar surface area (TPSA) is 78.5 Å². The fraction of sp³-hybridized carbons (Fsp3) is 0.375. The number of ether oxygens (including phenoxy) is 1. The van der Waals surface area contributed by atoms with Gasteiger partial charge >= 0.3 is 0 Å². The van der Waals surface area contributed by atoms with Crippen molar-refractivity contribution in [3.8, 4) is 5.75 Å². The molecule has 204 valence electrons. The summed E-state index contributed by atoms with van der Waals surface area (Å²) in [6.07, 6.45) is 9.58. The third kappa shape index (κ3) is 6.98. The lowest BCUT2D eigenvalue weighted by molar-refractivity contribution is -0.109. The lowest BCUT2D eigenvalue weighted by Gasteiger charge is -2.26. The first-order valence-corrected chi connectivity index (χ1v) is 14.1. The number of pyridine rings is 1. The molecular weight excluding hydrogens is 486 g/mol. The van der Waals surface area contributed by atoms with Crippen LogP contribution in [0.5, 0.6) is 5.75 Å². The zero-order valence-corrected chi connectivity index (χ0v) is 23.0. The van der Waals surface area contributed by atoms with E-state index in [4.69, 9.17) is 9.72 Å². The highest BCUT2D eigenvalue weighted by atomic mass is 16.5. The zero-order chi connectivity index (χ0) is 27.0. The van der Waals surface area contributed by atoms with Gasteiger partial charge in [0, 0.05) is 17.8 Å². The van der Waals surface area contributed by atoms with Crippen molar-refractivity contribution in [1.82, 2.24) is 15.2 Å². The van der Waals surface area contributed by atoms with Gasteiger partial charge in [0.1, 0.15) is 29.7 Å². The molecule has 1 fully saturated rings. The van der Waals surface area contributed by atoms with Crippen LogP contribution in [0.15, 0.2) is 60.8 Å². The van der Waals surface area contributed by atoms with Crippen molar-refractivity contribution in [2.75, 3.05) is 30.3 Å². The highest BCUT2D eigenvalue weighted by Gasteiger charge is 2.23. The van der Waals surface area contributed by atoms with Gasteiger partial charge in [0.15, 0.2) is 0 Å². The Hall–Kier alpha value is -3.84. The second kappa shape index (κ2) is 12.8. The van der Waals surface area contributed by atoms with Gasteiger partial charge in [0.05, 0.1) is 12.3 Å². The smallest absolute Gasteiger partial charge is 0.146 e. The van der Waals surface area contributed by atoms with Gasteiger partial charge in [-0.25, -0.2) is 4.98 Å². The van der Waals surface area contributed by atoms with Crippen LogP contribution in [0.25, 0.3) is 6.08 Å². The molecule has 0 saturated carbocycles. The van der Waals surface area contributed by atoms with Crippen LogP contribution in [0.2, 0.25) is 0 Å². The maximum atomic E-state index is 12.0. The second-order valence-electron chi connectivity index (χ2n) is 10.8. The maximum absolute atomic E-state index is 12.0. The Morgan fingerprint density at radius 2 is 1.92 bits per heavy atom. The number of benzene rings is 2. The normalized spacial score (nSPS) is 16.8. The van der Waals surface area contributed by atoms with Gasteiger partial charge in [-0.2, -0.15) is 0 Å². The molecule has 3 aromatic rings. The Labute approximate surface area is 231 Å². The molecule has 1 saturated heterocycles. The molecule has 1 unspecified atom stereocenters. The van der Waals surface area contributed by atoms with E-state index >= 15 is 0 Å². The highest BCUT2D eigenvalue weighted by molar-refractivity contribution is 5.80. The highest BCUT2D eigenvalue weighted by Crippen LogP contribution is 2.36. The van der Waals surface area contributed by atoms with E-state index in [1.165, 1.54) is 37.9 Å². The van der Waals surface area contributed by atoms with Crippen LogP contribution in [0, 0.1) is 5.92 Å². The summed E-state index contributed by atoms with van der Waals surface area (Å²) in [5, 5.41) is 10.1. The molecule has 1 aromatic heterocycles. The molecule has 0 spiro atoms. The molecule has 0 amide bonds. The number of para-hydroxylation sites is 2.